The van der Waals surface area contributed by atoms with Crippen LogP contribution >= 0.6 is 0 Å². The molecule has 0 atom stereocenters. The highest BCUT2D eigenvalue weighted by Gasteiger charge is 2.13. The first-order chi connectivity index (χ1) is 20.3. The fourth-order valence-corrected chi connectivity index (χ4v) is 4.86. The van der Waals surface area contributed by atoms with Gasteiger partial charge in [-0.15, -0.1) is 0 Å². The summed E-state index contributed by atoms with van der Waals surface area (Å²) >= 11 is 0. The van der Waals surface area contributed by atoms with E-state index in [9.17, 15) is 8.42 Å². The van der Waals surface area contributed by atoms with Gasteiger partial charge < -0.3 is 4.84 Å². The van der Waals surface area contributed by atoms with Crippen molar-refractivity contribution in [3.8, 4) is 5.75 Å². The minimum absolute atomic E-state index is 0.234. The van der Waals surface area contributed by atoms with Crippen LogP contribution in [0.4, 0.5) is 0 Å². The molecule has 0 bridgehead atoms. The van der Waals surface area contributed by atoms with Crippen molar-refractivity contribution in [1.82, 2.24) is 10.2 Å². The van der Waals surface area contributed by atoms with Crippen molar-refractivity contribution in [2.24, 2.45) is 9.98 Å². The number of hydroxylamine groups is 1. The van der Waals surface area contributed by atoms with E-state index < -0.39 is 10.0 Å². The summed E-state index contributed by atoms with van der Waals surface area (Å²) in [6, 6.07) is 37.5. The van der Waals surface area contributed by atoms with Crippen molar-refractivity contribution in [3.63, 3.8) is 0 Å². The van der Waals surface area contributed by atoms with E-state index in [2.05, 4.69) is 20.2 Å². The van der Waals surface area contributed by atoms with E-state index in [-0.39, 0.29) is 4.90 Å². The first-order valence-electron chi connectivity index (χ1n) is 13.3. The molecule has 0 aromatic heterocycles. The summed E-state index contributed by atoms with van der Waals surface area (Å²) in [5, 5.41) is 0. The van der Waals surface area contributed by atoms with Crippen LogP contribution in [-0.2, 0) is 10.0 Å². The number of nitrogens with one attached hydrogen (secondary N) is 2. The fraction of sp³-hybridized carbons (Fsp3) is 0.118. The Morgan fingerprint density at radius 1 is 0.619 bits per heavy atom. The first kappa shape index (κ1) is 31.6. The van der Waals surface area contributed by atoms with Crippen LogP contribution in [0.5, 0.6) is 5.75 Å². The largest absolute Gasteiger partial charge is 0.383 e. The molecule has 0 aliphatic carbocycles. The number of sulfonamides is 1. The highest BCUT2D eigenvalue weighted by Crippen LogP contribution is 2.11. The average molecular weight is 581 g/mol. The second-order valence-electron chi connectivity index (χ2n) is 9.04. The SMILES string of the molecule is CN=C(C=C(C)NOc1ccccc1)c1ccccc1.CN=C(C=C(C)NS(=O)(=O)c1ccccc1)c1ccccc1. The van der Waals surface area contributed by atoms with E-state index in [1.165, 1.54) is 0 Å². The Labute approximate surface area is 249 Å². The number of aliphatic imine (C=N–C) groups is 2. The summed E-state index contributed by atoms with van der Waals surface area (Å²) in [6.45, 7) is 3.64. The number of para-hydroxylation sites is 1. The third kappa shape index (κ3) is 10.2. The lowest BCUT2D eigenvalue weighted by Gasteiger charge is -2.09. The quantitative estimate of drug-likeness (QED) is 0.164. The topological polar surface area (TPSA) is 92.2 Å². The minimum Gasteiger partial charge on any atom is -0.383 e. The molecule has 4 aromatic carbocycles. The zero-order valence-corrected chi connectivity index (χ0v) is 25.0. The van der Waals surface area contributed by atoms with Gasteiger partial charge in [-0.1, -0.05) is 97.1 Å². The van der Waals surface area contributed by atoms with Crippen molar-refractivity contribution in [1.29, 1.82) is 0 Å². The van der Waals surface area contributed by atoms with Gasteiger partial charge in [0.05, 0.1) is 16.3 Å². The highest BCUT2D eigenvalue weighted by atomic mass is 32.2. The molecule has 0 aliphatic rings. The monoisotopic (exact) mass is 580 g/mol. The number of hydrogen-bond acceptors (Lipinski definition) is 6. The third-order valence-corrected chi connectivity index (χ3v) is 7.23. The van der Waals surface area contributed by atoms with Crippen molar-refractivity contribution in [2.45, 2.75) is 18.7 Å². The summed E-state index contributed by atoms with van der Waals surface area (Å²) < 4.78 is 27.1. The van der Waals surface area contributed by atoms with E-state index >= 15 is 0 Å². The van der Waals surface area contributed by atoms with Gasteiger partial charge in [-0.25, -0.2) is 13.9 Å². The summed E-state index contributed by atoms with van der Waals surface area (Å²) in [4.78, 5) is 14.2. The molecule has 0 unspecified atom stereocenters. The second-order valence-corrected chi connectivity index (χ2v) is 10.7. The molecule has 42 heavy (non-hydrogen) atoms. The maximum Gasteiger partial charge on any atom is 0.261 e. The Hall–Kier alpha value is -4.95. The molecule has 0 amide bonds. The molecule has 0 saturated carbocycles. The van der Waals surface area contributed by atoms with Crippen LogP contribution in [0.3, 0.4) is 0 Å². The second kappa shape index (κ2) is 16.3. The molecule has 0 aliphatic heterocycles. The zero-order valence-electron chi connectivity index (χ0n) is 24.2. The molecular formula is C34H36N4O3S. The lowest BCUT2D eigenvalue weighted by atomic mass is 10.1. The van der Waals surface area contributed by atoms with Gasteiger partial charge >= 0.3 is 0 Å². The molecule has 0 spiro atoms. The van der Waals surface area contributed by atoms with Crippen LogP contribution in [0.25, 0.3) is 0 Å². The van der Waals surface area contributed by atoms with Crippen molar-refractivity contribution >= 4 is 21.4 Å². The summed E-state index contributed by atoms with van der Waals surface area (Å²) in [7, 11) is -0.109. The molecule has 0 heterocycles. The van der Waals surface area contributed by atoms with Gasteiger partial charge in [0, 0.05) is 25.5 Å². The summed E-state index contributed by atoms with van der Waals surface area (Å²) in [6.07, 6.45) is 3.67. The lowest BCUT2D eigenvalue weighted by molar-refractivity contribution is 0.230. The summed E-state index contributed by atoms with van der Waals surface area (Å²) in [5.74, 6) is 0.773. The minimum atomic E-state index is -3.57. The smallest absolute Gasteiger partial charge is 0.261 e. The van der Waals surface area contributed by atoms with Gasteiger partial charge in [-0.05, 0) is 61.4 Å². The standard InChI is InChI=1S/C17H18N2O2S.C17H18N2O/c1-14(13-17(18-2)15-9-5-3-6-10-15)19-22(20,21)16-11-7-4-8-12-16;1-14(19-20-16-11-7-4-8-12-16)13-17(18-2)15-9-5-3-6-10-15/h3-13,19H,1-2H3;3-13,19H,1-2H3. The van der Waals surface area contributed by atoms with E-state index in [4.69, 9.17) is 4.84 Å². The number of rotatable bonds is 10. The Bertz CT molecular complexity index is 1620. The Morgan fingerprint density at radius 3 is 1.48 bits per heavy atom. The van der Waals surface area contributed by atoms with Gasteiger partial charge in [0.2, 0.25) is 0 Å². The molecule has 0 fully saturated rings. The van der Waals surface area contributed by atoms with E-state index in [1.807, 2.05) is 104 Å². The molecule has 2 N–H and O–H groups in total. The van der Waals surface area contributed by atoms with Crippen LogP contribution in [0, 0.1) is 0 Å². The van der Waals surface area contributed by atoms with Crippen LogP contribution in [-0.4, -0.2) is 33.9 Å². The van der Waals surface area contributed by atoms with Crippen LogP contribution in [0.1, 0.15) is 25.0 Å². The molecule has 8 heteroatoms. The van der Waals surface area contributed by atoms with Crippen molar-refractivity contribution in [2.75, 3.05) is 14.1 Å². The first-order valence-corrected chi connectivity index (χ1v) is 14.8. The Kier molecular flexibility index (Phi) is 12.3. The molecule has 216 valence electrons. The van der Waals surface area contributed by atoms with Gasteiger partial charge in [0.25, 0.3) is 10.0 Å². The van der Waals surface area contributed by atoms with E-state index in [1.54, 1.807) is 57.4 Å². The third-order valence-electron chi connectivity index (χ3n) is 5.75. The van der Waals surface area contributed by atoms with Gasteiger partial charge in [0.15, 0.2) is 5.75 Å². The highest BCUT2D eigenvalue weighted by molar-refractivity contribution is 7.89. The van der Waals surface area contributed by atoms with E-state index in [0.29, 0.717) is 11.4 Å². The van der Waals surface area contributed by atoms with Crippen molar-refractivity contribution < 1.29 is 13.3 Å². The molecule has 4 rings (SSSR count). The fourth-order valence-electron chi connectivity index (χ4n) is 3.74. The van der Waals surface area contributed by atoms with E-state index in [0.717, 1.165) is 28.3 Å². The molecule has 7 nitrogen and oxygen atoms in total. The molecular weight excluding hydrogens is 544 g/mol. The van der Waals surface area contributed by atoms with Crippen LogP contribution < -0.4 is 15.0 Å². The molecule has 4 aromatic rings. The Balaban J connectivity index is 0.000000231. The maximum absolute atomic E-state index is 12.3. The average Bonchev–Trinajstić information content (AvgIpc) is 3.03. The number of benzene rings is 4. The van der Waals surface area contributed by atoms with Crippen LogP contribution in [0.2, 0.25) is 0 Å². The maximum atomic E-state index is 12.3. The predicted octanol–water partition coefficient (Wildman–Crippen LogP) is 6.58. The van der Waals surface area contributed by atoms with Crippen LogP contribution in [0.15, 0.2) is 160 Å². The number of allylic oxidation sites excluding steroid dienone is 4. The zero-order chi connectivity index (χ0) is 30.2. The molecule has 0 radical (unpaired) electrons. The van der Waals surface area contributed by atoms with Gasteiger partial charge in [-0.3, -0.25) is 14.7 Å². The predicted molar refractivity (Wildman–Crippen MR) is 172 cm³/mol. The van der Waals surface area contributed by atoms with Crippen molar-refractivity contribution in [3.05, 3.63) is 156 Å². The van der Waals surface area contributed by atoms with Gasteiger partial charge in [-0.2, -0.15) is 0 Å². The normalized spacial score (nSPS) is 12.6. The Morgan fingerprint density at radius 2 is 1.02 bits per heavy atom. The summed E-state index contributed by atoms with van der Waals surface area (Å²) in [5.41, 5.74) is 7.95. The lowest BCUT2D eigenvalue weighted by Crippen LogP contribution is -2.22. The number of hydrogen-bond donors (Lipinski definition) is 2. The van der Waals surface area contributed by atoms with Gasteiger partial charge in [0.1, 0.15) is 0 Å². The number of nitrogens with zero attached hydrogens (tertiary/aromatic N) is 2. The molecule has 0 saturated heterocycles.